The molecule has 0 bridgehead atoms. The molecule has 0 saturated heterocycles. The number of hydrogen-bond acceptors (Lipinski definition) is 2. The van der Waals surface area contributed by atoms with E-state index in [0.717, 1.165) is 0 Å². The molecular weight excluding hydrogens is 370 g/mol. The first-order valence-corrected chi connectivity index (χ1v) is 9.00. The Morgan fingerprint density at radius 1 is 0.654 bits per heavy atom. The van der Waals surface area contributed by atoms with E-state index in [0.29, 0.717) is 13.1 Å². The van der Waals surface area contributed by atoms with Crippen molar-refractivity contribution in [3.8, 4) is 0 Å². The third-order valence-electron chi connectivity index (χ3n) is 4.87. The molecule has 4 heteroatoms. The Hall–Kier alpha value is -1.16. The standard InChI is InChI=1S/C22H32N3.Cu/c1-13-7-15(3)21(16(4)8-13)19(23)11-25-12-20(24)22-17(5)9-14(2)10-18(22)6;/h7-10,19-20H,11-12,23-24H2,1-6H3;/q-1;+1. The smallest absolute Gasteiger partial charge is 0.659 e. The van der Waals surface area contributed by atoms with Crippen LogP contribution in [-0.4, -0.2) is 13.1 Å². The van der Waals surface area contributed by atoms with Gasteiger partial charge in [-0.15, -0.1) is 13.1 Å². The Balaban J connectivity index is 0.00000338. The maximum Gasteiger partial charge on any atom is 1.00 e. The summed E-state index contributed by atoms with van der Waals surface area (Å²) >= 11 is 0. The number of benzene rings is 2. The zero-order chi connectivity index (χ0) is 18.7. The monoisotopic (exact) mass is 401 g/mol. The molecule has 0 aliphatic rings. The van der Waals surface area contributed by atoms with E-state index < -0.39 is 0 Å². The van der Waals surface area contributed by atoms with Crippen molar-refractivity contribution in [1.29, 1.82) is 0 Å². The van der Waals surface area contributed by atoms with E-state index in [1.54, 1.807) is 0 Å². The van der Waals surface area contributed by atoms with E-state index in [2.05, 4.69) is 71.1 Å². The molecular formula is C22H32CuN3. The molecule has 4 N–H and O–H groups in total. The summed E-state index contributed by atoms with van der Waals surface area (Å²) in [6, 6.07) is 8.60. The first kappa shape index (κ1) is 22.9. The van der Waals surface area contributed by atoms with Crippen molar-refractivity contribution >= 4 is 0 Å². The Kier molecular flexibility index (Phi) is 8.52. The molecule has 3 nitrogen and oxygen atoms in total. The molecule has 2 rings (SSSR count). The second-order valence-electron chi connectivity index (χ2n) is 7.43. The second-order valence-corrected chi connectivity index (χ2v) is 7.43. The van der Waals surface area contributed by atoms with Crippen molar-refractivity contribution < 1.29 is 17.1 Å². The summed E-state index contributed by atoms with van der Waals surface area (Å²) < 4.78 is 0. The average Bonchev–Trinajstić information content (AvgIpc) is 2.44. The van der Waals surface area contributed by atoms with Crippen molar-refractivity contribution in [3.63, 3.8) is 0 Å². The Morgan fingerprint density at radius 3 is 1.19 bits per heavy atom. The summed E-state index contributed by atoms with van der Waals surface area (Å²) in [6.45, 7) is 13.9. The summed E-state index contributed by atoms with van der Waals surface area (Å²) in [7, 11) is 0. The molecule has 2 aromatic carbocycles. The van der Waals surface area contributed by atoms with Crippen LogP contribution in [0.25, 0.3) is 5.32 Å². The molecule has 0 spiro atoms. The van der Waals surface area contributed by atoms with Gasteiger partial charge in [-0.05, 0) is 74.9 Å². The molecule has 0 aromatic heterocycles. The van der Waals surface area contributed by atoms with Crippen LogP contribution in [0, 0.1) is 41.5 Å². The second kappa shape index (κ2) is 9.68. The van der Waals surface area contributed by atoms with Crippen LogP contribution < -0.4 is 11.5 Å². The average molecular weight is 402 g/mol. The molecule has 146 valence electrons. The van der Waals surface area contributed by atoms with Crippen molar-refractivity contribution in [1.82, 2.24) is 0 Å². The maximum absolute atomic E-state index is 6.42. The Bertz CT molecular complexity index is 646. The molecule has 2 aromatic rings. The van der Waals surface area contributed by atoms with Gasteiger partial charge in [0.15, 0.2) is 0 Å². The Morgan fingerprint density at radius 2 is 0.923 bits per heavy atom. The minimum Gasteiger partial charge on any atom is -0.659 e. The zero-order valence-corrected chi connectivity index (χ0v) is 17.7. The zero-order valence-electron chi connectivity index (χ0n) is 16.8. The van der Waals surface area contributed by atoms with Gasteiger partial charge >= 0.3 is 17.1 Å². The fraction of sp³-hybridized carbons (Fsp3) is 0.455. The normalized spacial score (nSPS) is 13.2. The van der Waals surface area contributed by atoms with Crippen LogP contribution in [0.4, 0.5) is 0 Å². The fourth-order valence-electron chi connectivity index (χ4n) is 4.09. The Labute approximate surface area is 169 Å². The van der Waals surface area contributed by atoms with Crippen LogP contribution in [0.3, 0.4) is 0 Å². The van der Waals surface area contributed by atoms with Gasteiger partial charge in [0.05, 0.1) is 0 Å². The first-order valence-electron chi connectivity index (χ1n) is 9.00. The molecule has 0 aliphatic carbocycles. The molecule has 26 heavy (non-hydrogen) atoms. The minimum atomic E-state index is -0.0759. The van der Waals surface area contributed by atoms with Gasteiger partial charge in [0, 0.05) is 12.1 Å². The van der Waals surface area contributed by atoms with E-state index >= 15 is 0 Å². The van der Waals surface area contributed by atoms with Gasteiger partial charge in [0.2, 0.25) is 0 Å². The molecule has 0 fully saturated rings. The number of nitrogens with two attached hydrogens (primary N) is 2. The van der Waals surface area contributed by atoms with Crippen LogP contribution >= 0.6 is 0 Å². The summed E-state index contributed by atoms with van der Waals surface area (Å²) in [6.07, 6.45) is 0. The van der Waals surface area contributed by atoms with Gasteiger partial charge in [0.1, 0.15) is 0 Å². The number of rotatable bonds is 6. The van der Waals surface area contributed by atoms with E-state index in [-0.39, 0.29) is 29.2 Å². The topological polar surface area (TPSA) is 66.1 Å². The minimum absolute atomic E-state index is 0. The van der Waals surface area contributed by atoms with Crippen LogP contribution in [-0.2, 0) is 17.1 Å². The van der Waals surface area contributed by atoms with Gasteiger partial charge in [-0.2, -0.15) is 0 Å². The summed E-state index contributed by atoms with van der Waals surface area (Å²) in [4.78, 5) is 0. The van der Waals surface area contributed by atoms with Gasteiger partial charge < -0.3 is 16.8 Å². The number of aryl methyl sites for hydroxylation is 6. The van der Waals surface area contributed by atoms with Crippen LogP contribution in [0.5, 0.6) is 0 Å². The first-order chi connectivity index (χ1) is 11.7. The van der Waals surface area contributed by atoms with E-state index in [1.807, 2.05) is 0 Å². The SMILES string of the molecule is Cc1cc(C)c(C(N)C[N-]CC(N)c2c(C)cc(C)cc2C)c(C)c1.[Cu+]. The van der Waals surface area contributed by atoms with Crippen molar-refractivity contribution in [3.05, 3.63) is 74.1 Å². The molecule has 0 amide bonds. The van der Waals surface area contributed by atoms with Gasteiger partial charge in [-0.3, -0.25) is 0 Å². The van der Waals surface area contributed by atoms with Crippen molar-refractivity contribution in [2.75, 3.05) is 13.1 Å². The molecule has 0 saturated carbocycles. The van der Waals surface area contributed by atoms with E-state index in [1.165, 1.54) is 44.5 Å². The van der Waals surface area contributed by atoms with Crippen LogP contribution in [0.15, 0.2) is 24.3 Å². The molecule has 0 heterocycles. The van der Waals surface area contributed by atoms with E-state index in [4.69, 9.17) is 11.5 Å². The predicted octanol–water partition coefficient (Wildman–Crippen LogP) is 4.61. The third kappa shape index (κ3) is 5.42. The van der Waals surface area contributed by atoms with Gasteiger partial charge in [0.25, 0.3) is 0 Å². The van der Waals surface area contributed by atoms with E-state index in [9.17, 15) is 0 Å². The van der Waals surface area contributed by atoms with Crippen molar-refractivity contribution in [2.24, 2.45) is 11.5 Å². The van der Waals surface area contributed by atoms with Crippen LogP contribution in [0.1, 0.15) is 56.6 Å². The number of hydrogen-bond donors (Lipinski definition) is 2. The fourth-order valence-corrected chi connectivity index (χ4v) is 4.09. The summed E-state index contributed by atoms with van der Waals surface area (Å²) in [5.41, 5.74) is 22.8. The predicted molar refractivity (Wildman–Crippen MR) is 108 cm³/mol. The van der Waals surface area contributed by atoms with Gasteiger partial charge in [-0.25, -0.2) is 0 Å². The third-order valence-corrected chi connectivity index (χ3v) is 4.87. The van der Waals surface area contributed by atoms with Gasteiger partial charge in [-0.1, -0.05) is 35.4 Å². The largest absolute Gasteiger partial charge is 1.00 e. The molecule has 0 aliphatic heterocycles. The molecule has 2 atom stereocenters. The quantitative estimate of drug-likeness (QED) is 0.694. The maximum atomic E-state index is 6.42. The summed E-state index contributed by atoms with van der Waals surface area (Å²) in [5, 5.41) is 4.68. The molecule has 2 unspecified atom stereocenters. The van der Waals surface area contributed by atoms with Crippen molar-refractivity contribution in [2.45, 2.75) is 53.6 Å². The number of nitrogens with zero attached hydrogens (tertiary/aromatic N) is 1. The molecule has 0 radical (unpaired) electrons. The van der Waals surface area contributed by atoms with Crippen LogP contribution in [0.2, 0.25) is 0 Å². The summed E-state index contributed by atoms with van der Waals surface area (Å²) in [5.74, 6) is 0.